The van der Waals surface area contributed by atoms with E-state index in [9.17, 15) is 14.5 Å². The molecule has 0 saturated carbocycles. The number of methoxy groups -OCH3 is 1. The van der Waals surface area contributed by atoms with Crippen LogP contribution in [-0.4, -0.2) is 12.0 Å². The van der Waals surface area contributed by atoms with Gasteiger partial charge < -0.3 is 10.1 Å². The average Bonchev–Trinajstić information content (AvgIpc) is 2.45. The third-order valence-corrected chi connectivity index (χ3v) is 3.26. The molecule has 0 aliphatic carbocycles. The van der Waals surface area contributed by atoms with Crippen LogP contribution in [0, 0.1) is 15.9 Å². The Hall–Kier alpha value is -2.15. The summed E-state index contributed by atoms with van der Waals surface area (Å²) < 4.78 is 18.8. The normalized spacial score (nSPS) is 10.2. The van der Waals surface area contributed by atoms with Crippen LogP contribution in [0.15, 0.2) is 40.9 Å². The highest BCUT2D eigenvalue weighted by Gasteiger charge is 2.09. The molecule has 2 aromatic carbocycles. The first-order valence-corrected chi connectivity index (χ1v) is 6.80. The van der Waals surface area contributed by atoms with E-state index in [1.807, 2.05) is 0 Å². The zero-order valence-corrected chi connectivity index (χ0v) is 12.7. The lowest BCUT2D eigenvalue weighted by atomic mass is 10.2. The van der Waals surface area contributed by atoms with Crippen LogP contribution in [0.1, 0.15) is 5.56 Å². The Bertz CT molecular complexity index is 679. The Labute approximate surface area is 129 Å². The Morgan fingerprint density at radius 3 is 2.76 bits per heavy atom. The number of ether oxygens (including phenoxy) is 1. The van der Waals surface area contributed by atoms with Gasteiger partial charge in [0, 0.05) is 34.9 Å². The summed E-state index contributed by atoms with van der Waals surface area (Å²) in [5, 5.41) is 13.9. The fraction of sp³-hybridized carbons (Fsp3) is 0.143. The number of hydrogen-bond acceptors (Lipinski definition) is 4. The van der Waals surface area contributed by atoms with Gasteiger partial charge in [-0.25, -0.2) is 4.39 Å². The second-order valence-electron chi connectivity index (χ2n) is 4.28. The van der Waals surface area contributed by atoms with E-state index < -0.39 is 10.7 Å². The molecule has 0 amide bonds. The number of nitro benzene ring substituents is 1. The number of halogens is 2. The van der Waals surface area contributed by atoms with E-state index in [0.29, 0.717) is 16.7 Å². The molecule has 2 aromatic rings. The van der Waals surface area contributed by atoms with Crippen LogP contribution >= 0.6 is 15.9 Å². The maximum absolute atomic E-state index is 13.3. The van der Waals surface area contributed by atoms with E-state index in [1.165, 1.54) is 31.4 Å². The summed E-state index contributed by atoms with van der Waals surface area (Å²) >= 11 is 3.24. The van der Waals surface area contributed by atoms with Crippen molar-refractivity contribution < 1.29 is 14.1 Å². The minimum absolute atomic E-state index is 0.0119. The molecule has 0 saturated heterocycles. The van der Waals surface area contributed by atoms with E-state index >= 15 is 0 Å². The van der Waals surface area contributed by atoms with Gasteiger partial charge in [-0.15, -0.1) is 0 Å². The zero-order chi connectivity index (χ0) is 15.4. The highest BCUT2D eigenvalue weighted by Crippen LogP contribution is 2.24. The van der Waals surface area contributed by atoms with Crippen LogP contribution in [0.2, 0.25) is 0 Å². The molecule has 0 radical (unpaired) electrons. The Kier molecular flexibility index (Phi) is 4.74. The molecule has 0 atom stereocenters. The summed E-state index contributed by atoms with van der Waals surface area (Å²) in [5.74, 6) is -0.304. The van der Waals surface area contributed by atoms with Gasteiger partial charge in [-0.2, -0.15) is 0 Å². The van der Waals surface area contributed by atoms with Crippen LogP contribution in [0.5, 0.6) is 5.75 Å². The molecular weight excluding hydrogens is 343 g/mol. The van der Waals surface area contributed by atoms with E-state index in [1.54, 1.807) is 12.1 Å². The van der Waals surface area contributed by atoms with Crippen LogP contribution in [0.3, 0.4) is 0 Å². The quantitative estimate of drug-likeness (QED) is 0.647. The van der Waals surface area contributed by atoms with Crippen molar-refractivity contribution >= 4 is 27.3 Å². The molecule has 0 fully saturated rings. The van der Waals surface area contributed by atoms with Gasteiger partial charge >= 0.3 is 0 Å². The van der Waals surface area contributed by atoms with Crippen molar-refractivity contribution in [3.8, 4) is 5.75 Å². The average molecular weight is 355 g/mol. The molecule has 110 valence electrons. The second-order valence-corrected chi connectivity index (χ2v) is 5.19. The number of non-ortho nitro benzene ring substituents is 1. The lowest BCUT2D eigenvalue weighted by Gasteiger charge is -2.09. The Balaban J connectivity index is 2.14. The third-order valence-electron chi connectivity index (χ3n) is 2.80. The van der Waals surface area contributed by atoms with Gasteiger partial charge in [-0.3, -0.25) is 10.1 Å². The number of anilines is 1. The molecule has 5 nitrogen and oxygen atoms in total. The van der Waals surface area contributed by atoms with Crippen molar-refractivity contribution in [3.05, 3.63) is 62.4 Å². The van der Waals surface area contributed by atoms with Crippen molar-refractivity contribution in [1.82, 2.24) is 0 Å². The zero-order valence-electron chi connectivity index (χ0n) is 11.1. The van der Waals surface area contributed by atoms with Crippen molar-refractivity contribution in [3.63, 3.8) is 0 Å². The fourth-order valence-electron chi connectivity index (χ4n) is 1.81. The van der Waals surface area contributed by atoms with Crippen LogP contribution in [0.4, 0.5) is 15.8 Å². The molecule has 0 aromatic heterocycles. The Morgan fingerprint density at radius 1 is 1.33 bits per heavy atom. The molecule has 2 rings (SSSR count). The minimum atomic E-state index is -0.449. The third kappa shape index (κ3) is 3.91. The first kappa shape index (κ1) is 15.2. The van der Waals surface area contributed by atoms with Crippen LogP contribution in [0.25, 0.3) is 0 Å². The molecule has 21 heavy (non-hydrogen) atoms. The molecular formula is C14H12BrFN2O3. The maximum Gasteiger partial charge on any atom is 0.270 e. The summed E-state index contributed by atoms with van der Waals surface area (Å²) in [6.45, 7) is 0.370. The van der Waals surface area contributed by atoms with Crippen LogP contribution in [-0.2, 0) is 6.54 Å². The van der Waals surface area contributed by atoms with Gasteiger partial charge in [0.15, 0.2) is 11.6 Å². The standard InChI is InChI=1S/C14H12BrFN2O3/c1-21-14-7-11(2-3-13(14)16)17-8-9-4-10(15)6-12(5-9)18(19)20/h2-7,17H,8H2,1H3. The first-order chi connectivity index (χ1) is 9.99. The van der Waals surface area contributed by atoms with E-state index in [2.05, 4.69) is 21.2 Å². The van der Waals surface area contributed by atoms with Crippen LogP contribution < -0.4 is 10.1 Å². The Morgan fingerprint density at radius 2 is 2.10 bits per heavy atom. The number of hydrogen-bond donors (Lipinski definition) is 1. The van der Waals surface area contributed by atoms with E-state index in [0.717, 1.165) is 5.56 Å². The predicted molar refractivity (Wildman–Crippen MR) is 81.1 cm³/mol. The van der Waals surface area contributed by atoms with Gasteiger partial charge in [-0.1, -0.05) is 15.9 Å². The topological polar surface area (TPSA) is 64.4 Å². The molecule has 0 heterocycles. The molecule has 0 aliphatic heterocycles. The van der Waals surface area contributed by atoms with Crippen molar-refractivity contribution in [2.24, 2.45) is 0 Å². The number of nitrogens with one attached hydrogen (secondary N) is 1. The molecule has 0 spiro atoms. The number of benzene rings is 2. The monoisotopic (exact) mass is 354 g/mol. The molecule has 0 bridgehead atoms. The summed E-state index contributed by atoms with van der Waals surface area (Å²) in [6.07, 6.45) is 0. The number of rotatable bonds is 5. The molecule has 0 unspecified atom stereocenters. The molecule has 0 aliphatic rings. The number of nitro groups is 1. The molecule has 1 N–H and O–H groups in total. The number of nitrogens with zero attached hydrogens (tertiary/aromatic N) is 1. The summed E-state index contributed by atoms with van der Waals surface area (Å²) in [7, 11) is 1.39. The van der Waals surface area contributed by atoms with Gasteiger partial charge in [0.25, 0.3) is 5.69 Å². The van der Waals surface area contributed by atoms with Crippen molar-refractivity contribution in [2.75, 3.05) is 12.4 Å². The first-order valence-electron chi connectivity index (χ1n) is 6.01. The maximum atomic E-state index is 13.3. The van der Waals surface area contributed by atoms with E-state index in [-0.39, 0.29) is 11.4 Å². The van der Waals surface area contributed by atoms with Crippen molar-refractivity contribution in [1.29, 1.82) is 0 Å². The SMILES string of the molecule is COc1cc(NCc2cc(Br)cc([N+](=O)[O-])c2)ccc1F. The van der Waals surface area contributed by atoms with Gasteiger partial charge in [-0.05, 0) is 23.8 Å². The molecule has 7 heteroatoms. The summed E-state index contributed by atoms with van der Waals surface area (Å²) in [4.78, 5) is 10.4. The summed E-state index contributed by atoms with van der Waals surface area (Å²) in [5.41, 5.74) is 1.41. The second kappa shape index (κ2) is 6.53. The van der Waals surface area contributed by atoms with Gasteiger partial charge in [0.1, 0.15) is 0 Å². The van der Waals surface area contributed by atoms with E-state index in [4.69, 9.17) is 4.74 Å². The largest absolute Gasteiger partial charge is 0.494 e. The van der Waals surface area contributed by atoms with Gasteiger partial charge in [0.2, 0.25) is 0 Å². The van der Waals surface area contributed by atoms with Crippen molar-refractivity contribution in [2.45, 2.75) is 6.54 Å². The lowest BCUT2D eigenvalue weighted by molar-refractivity contribution is -0.385. The van der Waals surface area contributed by atoms with Gasteiger partial charge in [0.05, 0.1) is 12.0 Å². The minimum Gasteiger partial charge on any atom is -0.494 e. The highest BCUT2D eigenvalue weighted by molar-refractivity contribution is 9.10. The highest BCUT2D eigenvalue weighted by atomic mass is 79.9. The lowest BCUT2D eigenvalue weighted by Crippen LogP contribution is -2.01. The summed E-state index contributed by atoms with van der Waals surface area (Å²) in [6, 6.07) is 9.10. The smallest absolute Gasteiger partial charge is 0.270 e. The predicted octanol–water partition coefficient (Wildman–Crippen LogP) is 4.12. The fourth-order valence-corrected chi connectivity index (χ4v) is 2.34.